The van der Waals surface area contributed by atoms with E-state index in [1.54, 1.807) is 0 Å². The lowest BCUT2D eigenvalue weighted by Crippen LogP contribution is -2.49. The van der Waals surface area contributed by atoms with Gasteiger partial charge in [0, 0.05) is 36.3 Å². The second kappa shape index (κ2) is 8.04. The molecule has 1 saturated heterocycles. The van der Waals surface area contributed by atoms with Gasteiger partial charge in [-0.15, -0.1) is 11.8 Å². The van der Waals surface area contributed by atoms with E-state index in [-0.39, 0.29) is 12.1 Å². The minimum absolute atomic E-state index is 0.0724. The summed E-state index contributed by atoms with van der Waals surface area (Å²) in [6, 6.07) is 8.72. The summed E-state index contributed by atoms with van der Waals surface area (Å²) < 4.78 is 5.37. The molecule has 2 aliphatic rings. The Morgan fingerprint density at radius 1 is 1.39 bits per heavy atom. The molecule has 3 rings (SSSR count). The highest BCUT2D eigenvalue weighted by Crippen LogP contribution is 2.35. The van der Waals surface area contributed by atoms with Crippen LogP contribution in [0.2, 0.25) is 0 Å². The summed E-state index contributed by atoms with van der Waals surface area (Å²) in [6.07, 6.45) is 0.980. The first-order valence-corrected chi connectivity index (χ1v) is 9.30. The molecule has 2 heterocycles. The van der Waals surface area contributed by atoms with Crippen LogP contribution < -0.4 is 10.6 Å². The monoisotopic (exact) mass is 335 g/mol. The molecule has 0 aliphatic carbocycles. The van der Waals surface area contributed by atoms with Crippen LogP contribution in [0.25, 0.3) is 0 Å². The Balaban J connectivity index is 1.48. The van der Waals surface area contributed by atoms with Crippen molar-refractivity contribution in [3.05, 3.63) is 29.8 Å². The zero-order valence-electron chi connectivity index (χ0n) is 13.6. The van der Waals surface area contributed by atoms with Gasteiger partial charge in [0.2, 0.25) is 0 Å². The first kappa shape index (κ1) is 16.6. The van der Waals surface area contributed by atoms with E-state index in [0.29, 0.717) is 12.6 Å². The minimum Gasteiger partial charge on any atom is -0.379 e. The molecular weight excluding hydrogens is 310 g/mol. The second-order valence-corrected chi connectivity index (χ2v) is 7.22. The van der Waals surface area contributed by atoms with Crippen LogP contribution in [0.1, 0.15) is 24.9 Å². The highest BCUT2D eigenvalue weighted by Gasteiger charge is 2.22. The van der Waals surface area contributed by atoms with Crippen molar-refractivity contribution in [1.29, 1.82) is 0 Å². The summed E-state index contributed by atoms with van der Waals surface area (Å²) in [4.78, 5) is 15.9. The number of ether oxygens (including phenoxy) is 1. The normalized spacial score (nSPS) is 22.9. The number of carbonyl (C=O) groups excluding carboxylic acids is 1. The summed E-state index contributed by atoms with van der Waals surface area (Å²) in [6.45, 7) is 6.27. The Morgan fingerprint density at radius 2 is 2.17 bits per heavy atom. The third kappa shape index (κ3) is 4.40. The van der Waals surface area contributed by atoms with E-state index in [2.05, 4.69) is 40.7 Å². The number of urea groups is 1. The number of benzene rings is 1. The number of nitrogens with one attached hydrogen (secondary N) is 2. The quantitative estimate of drug-likeness (QED) is 0.886. The van der Waals surface area contributed by atoms with E-state index >= 15 is 0 Å². The molecule has 0 spiro atoms. The summed E-state index contributed by atoms with van der Waals surface area (Å²) in [5, 5.41) is 6.15. The number of fused-ring (bicyclic) bond motifs is 1. The van der Waals surface area contributed by atoms with E-state index in [9.17, 15) is 4.79 Å². The summed E-state index contributed by atoms with van der Waals surface area (Å²) in [5.41, 5.74) is 1.24. The largest absolute Gasteiger partial charge is 0.379 e. The molecule has 2 N–H and O–H groups in total. The summed E-state index contributed by atoms with van der Waals surface area (Å²) >= 11 is 1.87. The molecule has 23 heavy (non-hydrogen) atoms. The zero-order chi connectivity index (χ0) is 16.1. The number of thioether (sulfide) groups is 1. The minimum atomic E-state index is -0.0724. The van der Waals surface area contributed by atoms with Crippen molar-refractivity contribution in [2.45, 2.75) is 30.3 Å². The summed E-state index contributed by atoms with van der Waals surface area (Å²) in [5.74, 6) is 1.05. The van der Waals surface area contributed by atoms with Crippen molar-refractivity contribution in [2.24, 2.45) is 0 Å². The number of carbonyl (C=O) groups is 1. The maximum absolute atomic E-state index is 12.2. The van der Waals surface area contributed by atoms with Gasteiger partial charge in [0.15, 0.2) is 0 Å². The molecule has 0 unspecified atom stereocenters. The molecule has 126 valence electrons. The number of hydrogen-bond acceptors (Lipinski definition) is 4. The van der Waals surface area contributed by atoms with Gasteiger partial charge in [0.05, 0.1) is 19.3 Å². The Hall–Kier alpha value is -1.24. The van der Waals surface area contributed by atoms with E-state index in [4.69, 9.17) is 4.74 Å². The molecule has 1 fully saturated rings. The van der Waals surface area contributed by atoms with Crippen LogP contribution in [0.15, 0.2) is 29.2 Å². The molecule has 0 radical (unpaired) electrons. The maximum atomic E-state index is 12.2. The standard InChI is InChI=1S/C17H25N3O2S/c1-13(20-7-9-22-10-8-20)12-18-17(21)19-15-6-11-23-16-5-3-2-4-14(15)16/h2-5,13,15H,6-12H2,1H3,(H2,18,19,21)/t13-,15-/m1/s1. The van der Waals surface area contributed by atoms with Crippen molar-refractivity contribution in [3.8, 4) is 0 Å². The number of nitrogens with zero attached hydrogens (tertiary/aromatic N) is 1. The van der Waals surface area contributed by atoms with Crippen molar-refractivity contribution in [1.82, 2.24) is 15.5 Å². The Kier molecular flexibility index (Phi) is 5.80. The smallest absolute Gasteiger partial charge is 0.315 e. The Bertz CT molecular complexity index is 534. The highest BCUT2D eigenvalue weighted by molar-refractivity contribution is 7.99. The highest BCUT2D eigenvalue weighted by atomic mass is 32.2. The van der Waals surface area contributed by atoms with Crippen molar-refractivity contribution in [2.75, 3.05) is 38.6 Å². The molecule has 1 aromatic carbocycles. The maximum Gasteiger partial charge on any atom is 0.315 e. The Labute approximate surface area is 142 Å². The SMILES string of the molecule is C[C@H](CNC(=O)N[C@@H]1CCSc2ccccc21)N1CCOCC1. The third-order valence-corrected chi connectivity index (χ3v) is 5.61. The first-order valence-electron chi connectivity index (χ1n) is 8.32. The molecule has 0 saturated carbocycles. The molecular formula is C17H25N3O2S. The van der Waals surface area contributed by atoms with Gasteiger partial charge < -0.3 is 15.4 Å². The van der Waals surface area contributed by atoms with Crippen LogP contribution >= 0.6 is 11.8 Å². The van der Waals surface area contributed by atoms with Crippen LogP contribution in [0, 0.1) is 0 Å². The number of rotatable bonds is 4. The predicted molar refractivity (Wildman–Crippen MR) is 92.9 cm³/mol. The van der Waals surface area contributed by atoms with Crippen molar-refractivity contribution >= 4 is 17.8 Å². The van der Waals surface area contributed by atoms with Crippen molar-refractivity contribution in [3.63, 3.8) is 0 Å². The summed E-state index contributed by atoms with van der Waals surface area (Å²) in [7, 11) is 0. The van der Waals surface area contributed by atoms with Crippen LogP contribution in [0.4, 0.5) is 4.79 Å². The Morgan fingerprint density at radius 3 is 3.00 bits per heavy atom. The number of hydrogen-bond donors (Lipinski definition) is 2. The van der Waals surface area contributed by atoms with Gasteiger partial charge in [-0.25, -0.2) is 4.79 Å². The van der Waals surface area contributed by atoms with Gasteiger partial charge in [-0.3, -0.25) is 4.90 Å². The van der Waals surface area contributed by atoms with Gasteiger partial charge in [0.1, 0.15) is 0 Å². The van der Waals surface area contributed by atoms with Gasteiger partial charge in [-0.05, 0) is 25.0 Å². The second-order valence-electron chi connectivity index (χ2n) is 6.08. The molecule has 0 aromatic heterocycles. The molecule has 2 atom stereocenters. The third-order valence-electron chi connectivity index (χ3n) is 4.49. The van der Waals surface area contributed by atoms with E-state index in [0.717, 1.165) is 38.5 Å². The lowest BCUT2D eigenvalue weighted by Gasteiger charge is -2.32. The van der Waals surface area contributed by atoms with E-state index in [1.807, 2.05) is 17.8 Å². The predicted octanol–water partition coefficient (Wildman–Crippen LogP) is 2.24. The molecule has 2 amide bonds. The molecule has 0 bridgehead atoms. The molecule has 1 aromatic rings. The van der Waals surface area contributed by atoms with Crippen LogP contribution in [-0.2, 0) is 4.74 Å². The van der Waals surface area contributed by atoms with E-state index < -0.39 is 0 Å². The number of morpholine rings is 1. The van der Waals surface area contributed by atoms with Crippen LogP contribution in [0.5, 0.6) is 0 Å². The fourth-order valence-corrected chi connectivity index (χ4v) is 4.21. The fourth-order valence-electron chi connectivity index (χ4n) is 3.09. The molecule has 2 aliphatic heterocycles. The zero-order valence-corrected chi connectivity index (χ0v) is 14.4. The topological polar surface area (TPSA) is 53.6 Å². The van der Waals surface area contributed by atoms with Gasteiger partial charge in [-0.1, -0.05) is 18.2 Å². The van der Waals surface area contributed by atoms with Gasteiger partial charge >= 0.3 is 6.03 Å². The van der Waals surface area contributed by atoms with E-state index in [1.165, 1.54) is 10.5 Å². The van der Waals surface area contributed by atoms with Gasteiger partial charge in [0.25, 0.3) is 0 Å². The average Bonchev–Trinajstić information content (AvgIpc) is 2.61. The first-order chi connectivity index (χ1) is 11.2. The van der Waals surface area contributed by atoms with Gasteiger partial charge in [-0.2, -0.15) is 0 Å². The molecule has 6 heteroatoms. The fraction of sp³-hybridized carbons (Fsp3) is 0.588. The lowest BCUT2D eigenvalue weighted by atomic mass is 10.0. The van der Waals surface area contributed by atoms with Crippen molar-refractivity contribution < 1.29 is 9.53 Å². The number of amides is 2. The molecule has 5 nitrogen and oxygen atoms in total. The average molecular weight is 335 g/mol. The lowest BCUT2D eigenvalue weighted by molar-refractivity contribution is 0.0209. The van der Waals surface area contributed by atoms with Crippen LogP contribution in [-0.4, -0.2) is 55.6 Å². The van der Waals surface area contributed by atoms with Crippen LogP contribution in [0.3, 0.4) is 0 Å².